The summed E-state index contributed by atoms with van der Waals surface area (Å²) in [6.07, 6.45) is 7.26. The predicted molar refractivity (Wildman–Crippen MR) is 153 cm³/mol. The number of halogens is 2. The van der Waals surface area contributed by atoms with Crippen LogP contribution < -0.4 is 20.1 Å². The van der Waals surface area contributed by atoms with Crippen LogP contribution in [0.3, 0.4) is 0 Å². The Balaban J connectivity index is 1.59. The Kier molecular flexibility index (Phi) is 7.58. The Morgan fingerprint density at radius 2 is 1.87 bits per heavy atom. The highest BCUT2D eigenvalue weighted by atomic mass is 35.5. The molecule has 0 spiro atoms. The van der Waals surface area contributed by atoms with Crippen molar-refractivity contribution in [3.05, 3.63) is 52.8 Å². The number of carbonyl (C=O) groups excluding carboxylic acids is 1. The van der Waals surface area contributed by atoms with Gasteiger partial charge in [-0.1, -0.05) is 29.8 Å². The van der Waals surface area contributed by atoms with E-state index in [0.29, 0.717) is 67.4 Å². The van der Waals surface area contributed by atoms with Gasteiger partial charge in [0.15, 0.2) is 17.4 Å². The number of aromatic nitrogens is 5. The van der Waals surface area contributed by atoms with Gasteiger partial charge in [-0.15, -0.1) is 0 Å². The number of nitrogens with zero attached hydrogens (tertiary/aromatic N) is 5. The van der Waals surface area contributed by atoms with Crippen molar-refractivity contribution in [1.29, 1.82) is 0 Å². The number of ether oxygens (including phenoxy) is 2. The number of ketones is 1. The maximum atomic E-state index is 12.0. The number of hydrogen-bond acceptors (Lipinski definition) is 9. The Labute approximate surface area is 235 Å². The van der Waals surface area contributed by atoms with E-state index in [1.54, 1.807) is 30.2 Å². The smallest absolute Gasteiger partial charge is 0.229 e. The average Bonchev–Trinajstić information content (AvgIpc) is 3.69. The van der Waals surface area contributed by atoms with E-state index in [9.17, 15) is 4.79 Å². The Morgan fingerprint density at radius 1 is 1.15 bits per heavy atom. The number of carbonyl (C=O) groups is 1. The summed E-state index contributed by atoms with van der Waals surface area (Å²) in [5, 5.41) is 12.4. The van der Waals surface area contributed by atoms with Crippen LogP contribution in [0.2, 0.25) is 10.0 Å². The minimum atomic E-state index is -0.111. The fourth-order valence-corrected chi connectivity index (χ4v) is 4.86. The van der Waals surface area contributed by atoms with Gasteiger partial charge in [-0.25, -0.2) is 15.0 Å². The topological polar surface area (TPSA) is 116 Å². The van der Waals surface area contributed by atoms with Gasteiger partial charge >= 0.3 is 0 Å². The Hall–Kier alpha value is -3.89. The quantitative estimate of drug-likeness (QED) is 0.223. The maximum absolute atomic E-state index is 12.0. The summed E-state index contributed by atoms with van der Waals surface area (Å²) in [7, 11) is 4.83. The third-order valence-corrected chi connectivity index (χ3v) is 7.13. The first kappa shape index (κ1) is 26.7. The molecule has 5 rings (SSSR count). The number of aryl methyl sites for hydroxylation is 1. The van der Waals surface area contributed by atoms with Crippen LogP contribution >= 0.6 is 23.2 Å². The monoisotopic (exact) mass is 567 g/mol. The molecule has 0 bridgehead atoms. The largest absolute Gasteiger partial charge is 0.495 e. The number of rotatable bonds is 11. The standard InChI is InChI=1S/C27H27Cl2N7O3/c1-5-17(37)8-16-13-36(2)35-25(16)34-27-31-12-15-9-18(32-26(24(15)33-27)30-11-14-6-7-14)21-22(28)19(38-3)10-20(39-4)23(21)29/h5,9-10,12-14H,1,6-8,11H2,2-4H3,(H,30,32)(H,31,33,34,35). The normalized spacial score (nSPS) is 12.8. The van der Waals surface area contributed by atoms with Crippen molar-refractivity contribution in [1.82, 2.24) is 24.7 Å². The van der Waals surface area contributed by atoms with Crippen LogP contribution in [0.15, 0.2) is 37.2 Å². The SMILES string of the molecule is C=CC(=O)Cc1cn(C)nc1Nc1ncc2cc(-c3c(Cl)c(OC)cc(OC)c3Cl)nc(NCC3CC3)c2n1. The van der Waals surface area contributed by atoms with E-state index in [4.69, 9.17) is 42.6 Å². The molecule has 12 heteroatoms. The molecule has 1 aromatic carbocycles. The van der Waals surface area contributed by atoms with Crippen LogP contribution in [-0.4, -0.2) is 51.3 Å². The number of nitrogens with one attached hydrogen (secondary N) is 2. The molecule has 4 aromatic rings. The Morgan fingerprint density at radius 3 is 2.51 bits per heavy atom. The maximum Gasteiger partial charge on any atom is 0.229 e. The van der Waals surface area contributed by atoms with Crippen molar-refractivity contribution >= 4 is 57.5 Å². The number of fused-ring (bicyclic) bond motifs is 1. The number of hydrogen-bond donors (Lipinski definition) is 2. The zero-order valence-electron chi connectivity index (χ0n) is 21.7. The molecular weight excluding hydrogens is 541 g/mol. The third-order valence-electron chi connectivity index (χ3n) is 6.38. The first-order valence-corrected chi connectivity index (χ1v) is 13.0. The first-order chi connectivity index (χ1) is 18.8. The van der Waals surface area contributed by atoms with Crippen molar-refractivity contribution in [2.24, 2.45) is 13.0 Å². The highest BCUT2D eigenvalue weighted by molar-refractivity contribution is 6.41. The van der Waals surface area contributed by atoms with Crippen LogP contribution in [0.5, 0.6) is 11.5 Å². The second kappa shape index (κ2) is 11.1. The van der Waals surface area contributed by atoms with Gasteiger partial charge in [0.1, 0.15) is 17.0 Å². The van der Waals surface area contributed by atoms with Gasteiger partial charge in [0.05, 0.1) is 30.0 Å². The molecule has 0 atom stereocenters. The van der Waals surface area contributed by atoms with Gasteiger partial charge < -0.3 is 20.1 Å². The molecule has 0 amide bonds. The molecule has 0 saturated heterocycles. The second-order valence-electron chi connectivity index (χ2n) is 9.24. The molecular formula is C27H27Cl2N7O3. The molecule has 0 radical (unpaired) electrons. The van der Waals surface area contributed by atoms with E-state index in [2.05, 4.69) is 27.3 Å². The summed E-state index contributed by atoms with van der Waals surface area (Å²) in [6, 6.07) is 3.46. The van der Waals surface area contributed by atoms with Crippen LogP contribution in [0.1, 0.15) is 18.4 Å². The minimum Gasteiger partial charge on any atom is -0.495 e. The highest BCUT2D eigenvalue weighted by Gasteiger charge is 2.24. The molecule has 202 valence electrons. The lowest BCUT2D eigenvalue weighted by molar-refractivity contribution is -0.114. The third kappa shape index (κ3) is 5.62. The van der Waals surface area contributed by atoms with Crippen molar-refractivity contribution in [2.45, 2.75) is 19.3 Å². The minimum absolute atomic E-state index is 0.111. The van der Waals surface area contributed by atoms with Crippen molar-refractivity contribution in [2.75, 3.05) is 31.4 Å². The van der Waals surface area contributed by atoms with Gasteiger partial charge in [-0.2, -0.15) is 5.10 Å². The lowest BCUT2D eigenvalue weighted by Crippen LogP contribution is -2.08. The fraction of sp³-hybridized carbons (Fsp3) is 0.296. The lowest BCUT2D eigenvalue weighted by Gasteiger charge is -2.16. The molecule has 39 heavy (non-hydrogen) atoms. The molecule has 10 nitrogen and oxygen atoms in total. The van der Waals surface area contributed by atoms with Gasteiger partial charge in [0.25, 0.3) is 0 Å². The number of benzene rings is 1. The predicted octanol–water partition coefficient (Wildman–Crippen LogP) is 5.61. The van der Waals surface area contributed by atoms with E-state index in [1.165, 1.54) is 33.1 Å². The van der Waals surface area contributed by atoms with E-state index in [-0.39, 0.29) is 12.2 Å². The molecule has 1 aliphatic carbocycles. The summed E-state index contributed by atoms with van der Waals surface area (Å²) in [5.74, 6) is 2.69. The van der Waals surface area contributed by atoms with Crippen LogP contribution in [-0.2, 0) is 18.3 Å². The molecule has 1 aliphatic rings. The molecule has 0 aliphatic heterocycles. The fourth-order valence-electron chi connectivity index (χ4n) is 4.16. The summed E-state index contributed by atoms with van der Waals surface area (Å²) in [5.41, 5.74) is 2.33. The van der Waals surface area contributed by atoms with Gasteiger partial charge in [-0.05, 0) is 30.9 Å². The van der Waals surface area contributed by atoms with Crippen molar-refractivity contribution in [3.63, 3.8) is 0 Å². The molecule has 0 unspecified atom stereocenters. The number of methoxy groups -OCH3 is 2. The van der Waals surface area contributed by atoms with E-state index in [1.807, 2.05) is 6.07 Å². The van der Waals surface area contributed by atoms with Crippen molar-refractivity contribution in [3.8, 4) is 22.8 Å². The van der Waals surface area contributed by atoms with Gasteiger partial charge in [0, 0.05) is 55.0 Å². The number of anilines is 3. The van der Waals surface area contributed by atoms with E-state index in [0.717, 1.165) is 11.9 Å². The van der Waals surface area contributed by atoms with Gasteiger partial charge in [0.2, 0.25) is 5.95 Å². The number of allylic oxidation sites excluding steroid dienone is 1. The summed E-state index contributed by atoms with van der Waals surface area (Å²) in [6.45, 7) is 4.31. The molecule has 2 N–H and O–H groups in total. The molecule has 1 fully saturated rings. The zero-order valence-corrected chi connectivity index (χ0v) is 23.2. The van der Waals surface area contributed by atoms with E-state index < -0.39 is 0 Å². The molecule has 1 saturated carbocycles. The van der Waals surface area contributed by atoms with Crippen LogP contribution in [0, 0.1) is 5.92 Å². The first-order valence-electron chi connectivity index (χ1n) is 12.3. The van der Waals surface area contributed by atoms with Crippen molar-refractivity contribution < 1.29 is 14.3 Å². The van der Waals surface area contributed by atoms with Crippen LogP contribution in [0.25, 0.3) is 22.2 Å². The average molecular weight is 568 g/mol. The Bertz CT molecular complexity index is 1560. The highest BCUT2D eigenvalue weighted by Crippen LogP contribution is 2.46. The molecule has 3 heterocycles. The van der Waals surface area contributed by atoms with E-state index >= 15 is 0 Å². The lowest BCUT2D eigenvalue weighted by atomic mass is 10.1. The second-order valence-corrected chi connectivity index (χ2v) is 10.0. The van der Waals surface area contributed by atoms with Crippen LogP contribution in [0.4, 0.5) is 17.6 Å². The summed E-state index contributed by atoms with van der Waals surface area (Å²) in [4.78, 5) is 26.1. The summed E-state index contributed by atoms with van der Waals surface area (Å²) >= 11 is 13.4. The zero-order chi connectivity index (χ0) is 27.7. The van der Waals surface area contributed by atoms with Gasteiger partial charge in [-0.3, -0.25) is 9.48 Å². The number of pyridine rings is 1. The molecule has 3 aromatic heterocycles. The summed E-state index contributed by atoms with van der Waals surface area (Å²) < 4.78 is 12.5.